The summed E-state index contributed by atoms with van der Waals surface area (Å²) in [5.41, 5.74) is 5.86. The van der Waals surface area contributed by atoms with E-state index in [4.69, 9.17) is 5.73 Å². The quantitative estimate of drug-likeness (QED) is 0.869. The van der Waals surface area contributed by atoms with Crippen molar-refractivity contribution in [3.63, 3.8) is 0 Å². The lowest BCUT2D eigenvalue weighted by molar-refractivity contribution is 0.0883. The molecule has 2 aromatic rings. The van der Waals surface area contributed by atoms with Gasteiger partial charge in [-0.15, -0.1) is 0 Å². The van der Waals surface area contributed by atoms with Gasteiger partial charge in [0.1, 0.15) is 12.1 Å². The molecule has 0 aromatic carbocycles. The maximum Gasteiger partial charge on any atom is 0.253 e. The van der Waals surface area contributed by atoms with Crippen molar-refractivity contribution in [1.29, 1.82) is 0 Å². The molecule has 0 spiro atoms. The van der Waals surface area contributed by atoms with Crippen LogP contribution in [0.1, 0.15) is 31.1 Å². The third kappa shape index (κ3) is 3.28. The molecule has 112 valence electrons. The number of nitrogens with zero attached hydrogens (tertiary/aromatic N) is 3. The monoisotopic (exact) mass is 287 g/mol. The van der Waals surface area contributed by atoms with Gasteiger partial charge in [0.2, 0.25) is 0 Å². The molecule has 2 rings (SSSR count). The molecular weight excluding hydrogens is 266 g/mol. The van der Waals surface area contributed by atoms with E-state index in [0.717, 1.165) is 5.82 Å². The second-order valence-electron chi connectivity index (χ2n) is 5.61. The molecule has 0 aliphatic rings. The largest absolute Gasteiger partial charge is 0.345 e. The number of imidazole rings is 1. The number of carbonyl (C=O) groups is 1. The highest BCUT2D eigenvalue weighted by Crippen LogP contribution is 2.16. The Hall–Kier alpha value is -2.21. The van der Waals surface area contributed by atoms with Gasteiger partial charge in [-0.3, -0.25) is 9.36 Å². The van der Waals surface area contributed by atoms with Crippen molar-refractivity contribution >= 4 is 5.91 Å². The molecule has 6 nitrogen and oxygen atoms in total. The van der Waals surface area contributed by atoms with E-state index in [2.05, 4.69) is 15.3 Å². The van der Waals surface area contributed by atoms with Crippen molar-refractivity contribution in [3.8, 4) is 5.82 Å². The number of amides is 1. The van der Waals surface area contributed by atoms with Crippen LogP contribution in [-0.2, 0) is 0 Å². The summed E-state index contributed by atoms with van der Waals surface area (Å²) in [5.74, 6) is 0.792. The second-order valence-corrected chi connectivity index (χ2v) is 5.61. The zero-order valence-electron chi connectivity index (χ0n) is 12.6. The molecule has 1 amide bonds. The van der Waals surface area contributed by atoms with Gasteiger partial charge in [-0.25, -0.2) is 9.97 Å². The minimum atomic E-state index is -0.430. The van der Waals surface area contributed by atoms with Crippen molar-refractivity contribution in [2.75, 3.05) is 6.54 Å². The Morgan fingerprint density at radius 1 is 1.48 bits per heavy atom. The molecule has 6 heteroatoms. The maximum atomic E-state index is 12.3. The Balaban J connectivity index is 2.13. The first-order chi connectivity index (χ1) is 9.96. The van der Waals surface area contributed by atoms with Gasteiger partial charge in [-0.05, 0) is 25.0 Å². The van der Waals surface area contributed by atoms with Crippen molar-refractivity contribution in [3.05, 3.63) is 42.6 Å². The lowest BCUT2D eigenvalue weighted by Crippen LogP contribution is -2.55. The van der Waals surface area contributed by atoms with E-state index in [-0.39, 0.29) is 11.8 Å². The van der Waals surface area contributed by atoms with E-state index in [9.17, 15) is 4.79 Å². The number of nitrogens with two attached hydrogens (primary N) is 1. The van der Waals surface area contributed by atoms with Gasteiger partial charge < -0.3 is 11.1 Å². The first-order valence-electron chi connectivity index (χ1n) is 6.93. The van der Waals surface area contributed by atoms with Gasteiger partial charge in [0.15, 0.2) is 0 Å². The highest BCUT2D eigenvalue weighted by atomic mass is 16.1. The third-order valence-corrected chi connectivity index (χ3v) is 3.88. The van der Waals surface area contributed by atoms with Crippen molar-refractivity contribution in [2.45, 2.75) is 26.3 Å². The predicted octanol–water partition coefficient (Wildman–Crippen LogP) is 1.37. The van der Waals surface area contributed by atoms with Crippen molar-refractivity contribution < 1.29 is 4.79 Å². The predicted molar refractivity (Wildman–Crippen MR) is 81.1 cm³/mol. The Morgan fingerprint density at radius 2 is 2.24 bits per heavy atom. The Kier molecular flexibility index (Phi) is 4.37. The first kappa shape index (κ1) is 15.2. The lowest BCUT2D eigenvalue weighted by Gasteiger charge is -2.33. The standard InChI is InChI=1S/C15H21N5O/c1-11(2)15(3,9-16)19-14(21)12-4-5-13(18-8-12)20-7-6-17-10-20/h4-8,10-11H,9,16H2,1-3H3,(H,19,21). The summed E-state index contributed by atoms with van der Waals surface area (Å²) in [5, 5.41) is 2.99. The van der Waals surface area contributed by atoms with Crippen molar-refractivity contribution in [1.82, 2.24) is 19.9 Å². The number of hydrogen-bond acceptors (Lipinski definition) is 4. The minimum Gasteiger partial charge on any atom is -0.345 e. The smallest absolute Gasteiger partial charge is 0.253 e. The van der Waals surface area contributed by atoms with E-state index in [1.165, 1.54) is 0 Å². The third-order valence-electron chi connectivity index (χ3n) is 3.88. The van der Waals surface area contributed by atoms with Crippen LogP contribution in [0.4, 0.5) is 0 Å². The van der Waals surface area contributed by atoms with Gasteiger partial charge in [-0.2, -0.15) is 0 Å². The molecule has 0 fully saturated rings. The highest BCUT2D eigenvalue weighted by Gasteiger charge is 2.28. The molecule has 21 heavy (non-hydrogen) atoms. The lowest BCUT2D eigenvalue weighted by atomic mass is 9.88. The summed E-state index contributed by atoms with van der Waals surface area (Å²) in [7, 11) is 0. The van der Waals surface area contributed by atoms with Crippen molar-refractivity contribution in [2.24, 2.45) is 11.7 Å². The van der Waals surface area contributed by atoms with Crippen LogP contribution in [0.2, 0.25) is 0 Å². The van der Waals surface area contributed by atoms with Crippen LogP contribution in [0.25, 0.3) is 5.82 Å². The normalized spacial score (nSPS) is 14.0. The van der Waals surface area contributed by atoms with E-state index >= 15 is 0 Å². The summed E-state index contributed by atoms with van der Waals surface area (Å²) in [6.45, 7) is 6.40. The van der Waals surface area contributed by atoms with Crippen LogP contribution in [0.3, 0.4) is 0 Å². The maximum absolute atomic E-state index is 12.3. The van der Waals surface area contributed by atoms with E-state index in [0.29, 0.717) is 12.1 Å². The highest BCUT2D eigenvalue weighted by molar-refractivity contribution is 5.94. The number of nitrogens with one attached hydrogen (secondary N) is 1. The zero-order valence-corrected chi connectivity index (χ0v) is 12.6. The van der Waals surface area contributed by atoms with Crippen LogP contribution in [-0.4, -0.2) is 32.5 Å². The van der Waals surface area contributed by atoms with Crippen LogP contribution < -0.4 is 11.1 Å². The van der Waals surface area contributed by atoms with E-state index in [1.807, 2.05) is 20.8 Å². The average Bonchev–Trinajstić information content (AvgIpc) is 3.01. The topological polar surface area (TPSA) is 85.8 Å². The first-order valence-corrected chi connectivity index (χ1v) is 6.93. The molecule has 0 aliphatic heterocycles. The van der Waals surface area contributed by atoms with Gasteiger partial charge in [0.25, 0.3) is 5.91 Å². The summed E-state index contributed by atoms with van der Waals surface area (Å²) in [6, 6.07) is 3.53. The number of aromatic nitrogens is 3. The second kappa shape index (κ2) is 6.05. The Morgan fingerprint density at radius 3 is 2.71 bits per heavy atom. The Bertz CT molecular complexity index is 591. The molecular formula is C15H21N5O. The molecule has 2 heterocycles. The number of hydrogen-bond donors (Lipinski definition) is 2. The Labute approximate surface area is 124 Å². The number of carbonyl (C=O) groups excluding carboxylic acids is 1. The summed E-state index contributed by atoms with van der Waals surface area (Å²) in [4.78, 5) is 20.5. The summed E-state index contributed by atoms with van der Waals surface area (Å²) in [6.07, 6.45) is 6.69. The molecule has 3 N–H and O–H groups in total. The molecule has 0 saturated heterocycles. The minimum absolute atomic E-state index is 0.165. The van der Waals surface area contributed by atoms with Crippen LogP contribution in [0.5, 0.6) is 0 Å². The summed E-state index contributed by atoms with van der Waals surface area (Å²) < 4.78 is 1.78. The van der Waals surface area contributed by atoms with Gasteiger partial charge in [-0.1, -0.05) is 13.8 Å². The molecule has 0 bridgehead atoms. The van der Waals surface area contributed by atoms with Gasteiger partial charge >= 0.3 is 0 Å². The molecule has 2 aromatic heterocycles. The van der Waals surface area contributed by atoms with Gasteiger partial charge in [0, 0.05) is 25.1 Å². The zero-order chi connectivity index (χ0) is 15.5. The fourth-order valence-corrected chi connectivity index (χ4v) is 1.83. The fourth-order valence-electron chi connectivity index (χ4n) is 1.83. The molecule has 0 radical (unpaired) electrons. The summed E-state index contributed by atoms with van der Waals surface area (Å²) >= 11 is 0. The SMILES string of the molecule is CC(C)C(C)(CN)NC(=O)c1ccc(-n2ccnc2)nc1. The molecule has 1 unspecified atom stereocenters. The molecule has 0 saturated carbocycles. The van der Waals surface area contributed by atoms with E-state index in [1.54, 1.807) is 41.6 Å². The van der Waals surface area contributed by atoms with E-state index < -0.39 is 5.54 Å². The van der Waals surface area contributed by atoms with Crippen LogP contribution in [0, 0.1) is 5.92 Å². The van der Waals surface area contributed by atoms with Gasteiger partial charge in [0.05, 0.1) is 11.1 Å². The van der Waals surface area contributed by atoms with Crippen LogP contribution in [0.15, 0.2) is 37.1 Å². The number of pyridine rings is 1. The fraction of sp³-hybridized carbons (Fsp3) is 0.400. The average molecular weight is 287 g/mol. The van der Waals surface area contributed by atoms with Crippen LogP contribution >= 0.6 is 0 Å². The molecule has 0 aliphatic carbocycles. The number of rotatable bonds is 5. The molecule has 1 atom stereocenters.